The highest BCUT2D eigenvalue weighted by Gasteiger charge is 2.44. The van der Waals surface area contributed by atoms with E-state index in [-0.39, 0.29) is 57.7 Å². The number of benzene rings is 1. The zero-order chi connectivity index (χ0) is 39.5. The number of hydrogen-bond donors (Lipinski definition) is 10. The fourth-order valence-electron chi connectivity index (χ4n) is 6.88. The van der Waals surface area contributed by atoms with Gasteiger partial charge in [-0.15, -0.1) is 0 Å². The van der Waals surface area contributed by atoms with Crippen LogP contribution in [0.4, 0.5) is 0 Å². The zero-order valence-corrected chi connectivity index (χ0v) is 30.3. The number of aliphatic carboxylic acids is 1. The molecule has 0 bridgehead atoms. The SMILES string of the molecule is C[C@H](NC(=O)[C@H](CCCNC(=N)N)NC(=O)[C@@H]1CCCN1C(=O)[C@@H]1CCCN1C(=O)[C@H](CCC(N)=O)NC(=O)[C@@H](N)Cc1c[nH]c2ccccc12)C(=O)O. The molecular weight excluding hydrogens is 702 g/mol. The molecule has 13 N–H and O–H groups in total. The summed E-state index contributed by atoms with van der Waals surface area (Å²) >= 11 is 0. The molecule has 0 radical (unpaired) electrons. The zero-order valence-electron chi connectivity index (χ0n) is 30.3. The Labute approximate surface area is 312 Å². The van der Waals surface area contributed by atoms with Gasteiger partial charge in [0.25, 0.3) is 0 Å². The van der Waals surface area contributed by atoms with Gasteiger partial charge in [-0.2, -0.15) is 0 Å². The van der Waals surface area contributed by atoms with E-state index in [1.807, 2.05) is 24.3 Å². The van der Waals surface area contributed by atoms with E-state index >= 15 is 0 Å². The highest BCUT2D eigenvalue weighted by Crippen LogP contribution is 2.26. The predicted octanol–water partition coefficient (Wildman–Crippen LogP) is -1.89. The molecule has 6 atom stereocenters. The Kier molecular flexibility index (Phi) is 14.3. The number of rotatable bonds is 18. The molecule has 2 fully saturated rings. The maximum Gasteiger partial charge on any atom is 0.325 e. The molecule has 4 rings (SSSR count). The van der Waals surface area contributed by atoms with Crippen LogP contribution in [0.3, 0.4) is 0 Å². The first-order valence-electron chi connectivity index (χ1n) is 18.1. The van der Waals surface area contributed by atoms with Crippen LogP contribution in [0.15, 0.2) is 30.5 Å². The maximum atomic E-state index is 14.1. The van der Waals surface area contributed by atoms with Crippen LogP contribution in [0.1, 0.15) is 63.9 Å². The van der Waals surface area contributed by atoms with Gasteiger partial charge in [-0.25, -0.2) is 0 Å². The quantitative estimate of drug-likeness (QED) is 0.0456. The summed E-state index contributed by atoms with van der Waals surface area (Å²) in [7, 11) is 0. The number of carboxylic acids is 1. The molecule has 294 valence electrons. The van der Waals surface area contributed by atoms with Crippen LogP contribution < -0.4 is 38.5 Å². The first-order chi connectivity index (χ1) is 25.7. The van der Waals surface area contributed by atoms with Crippen LogP contribution in [0, 0.1) is 5.41 Å². The molecule has 2 aliphatic rings. The summed E-state index contributed by atoms with van der Waals surface area (Å²) in [6.45, 7) is 1.92. The van der Waals surface area contributed by atoms with E-state index in [4.69, 9.17) is 22.6 Å². The van der Waals surface area contributed by atoms with E-state index < -0.39 is 77.7 Å². The predicted molar refractivity (Wildman–Crippen MR) is 196 cm³/mol. The highest BCUT2D eigenvalue weighted by molar-refractivity contribution is 5.97. The lowest BCUT2D eigenvalue weighted by molar-refractivity contribution is -0.148. The van der Waals surface area contributed by atoms with Crippen LogP contribution in [0.2, 0.25) is 0 Å². The van der Waals surface area contributed by atoms with E-state index in [0.717, 1.165) is 16.5 Å². The Bertz CT molecular complexity index is 1730. The van der Waals surface area contributed by atoms with Crippen molar-refractivity contribution in [1.29, 1.82) is 5.41 Å². The first-order valence-corrected chi connectivity index (χ1v) is 18.1. The second kappa shape index (κ2) is 18.9. The Balaban J connectivity index is 1.44. The van der Waals surface area contributed by atoms with E-state index in [1.165, 1.54) is 16.7 Å². The number of likely N-dealkylation sites (tertiary alicyclic amines) is 2. The van der Waals surface area contributed by atoms with Gasteiger partial charge in [0.2, 0.25) is 35.4 Å². The average molecular weight is 754 g/mol. The molecule has 54 heavy (non-hydrogen) atoms. The van der Waals surface area contributed by atoms with Crippen molar-refractivity contribution >= 4 is 58.3 Å². The summed E-state index contributed by atoms with van der Waals surface area (Å²) in [5.41, 5.74) is 18.7. The number of carbonyl (C=O) groups excluding carboxylic acids is 6. The molecule has 6 amide bonds. The van der Waals surface area contributed by atoms with Crippen molar-refractivity contribution in [3.8, 4) is 0 Å². The summed E-state index contributed by atoms with van der Waals surface area (Å²) in [5, 5.41) is 27.8. The number of fused-ring (bicyclic) bond motifs is 1. The van der Waals surface area contributed by atoms with Gasteiger partial charge >= 0.3 is 5.97 Å². The Morgan fingerprint density at radius 1 is 0.926 bits per heavy atom. The normalized spacial score (nSPS) is 19.0. The second-order valence-electron chi connectivity index (χ2n) is 13.7. The number of carbonyl (C=O) groups is 7. The minimum atomic E-state index is -1.26. The molecule has 0 unspecified atom stereocenters. The number of nitrogens with one attached hydrogen (secondary N) is 6. The number of primary amides is 1. The first kappa shape index (κ1) is 41.0. The minimum absolute atomic E-state index is 0.0829. The van der Waals surface area contributed by atoms with Gasteiger partial charge in [0.05, 0.1) is 6.04 Å². The van der Waals surface area contributed by atoms with Gasteiger partial charge in [0.15, 0.2) is 5.96 Å². The van der Waals surface area contributed by atoms with Gasteiger partial charge in [-0.3, -0.25) is 39.0 Å². The van der Waals surface area contributed by atoms with E-state index in [1.54, 1.807) is 6.20 Å². The summed E-state index contributed by atoms with van der Waals surface area (Å²) in [4.78, 5) is 97.1. The van der Waals surface area contributed by atoms with Crippen molar-refractivity contribution in [3.05, 3.63) is 36.0 Å². The third-order valence-electron chi connectivity index (χ3n) is 9.75. The number of nitrogens with two attached hydrogens (primary N) is 3. The van der Waals surface area contributed by atoms with Crippen LogP contribution in [0.25, 0.3) is 10.9 Å². The maximum absolute atomic E-state index is 14.1. The number of nitrogens with zero attached hydrogens (tertiary/aromatic N) is 2. The van der Waals surface area contributed by atoms with Gasteiger partial charge in [-0.05, 0) is 69.9 Å². The third-order valence-corrected chi connectivity index (χ3v) is 9.75. The van der Waals surface area contributed by atoms with Gasteiger partial charge in [0, 0.05) is 43.2 Å². The van der Waals surface area contributed by atoms with Crippen molar-refractivity contribution in [3.63, 3.8) is 0 Å². The molecular formula is C35H51N11O8. The lowest BCUT2D eigenvalue weighted by Gasteiger charge is -2.33. The molecule has 1 aromatic heterocycles. The summed E-state index contributed by atoms with van der Waals surface area (Å²) in [5.74, 6) is -5.22. The molecule has 19 nitrogen and oxygen atoms in total. The van der Waals surface area contributed by atoms with Crippen molar-refractivity contribution in [2.45, 2.75) is 101 Å². The van der Waals surface area contributed by atoms with Crippen molar-refractivity contribution in [2.75, 3.05) is 19.6 Å². The topological polar surface area (TPSA) is 312 Å². The number of aromatic nitrogens is 1. The fourth-order valence-corrected chi connectivity index (χ4v) is 6.88. The average Bonchev–Trinajstić information content (AvgIpc) is 3.91. The molecule has 1 aromatic carbocycles. The van der Waals surface area contributed by atoms with Crippen molar-refractivity contribution in [2.24, 2.45) is 17.2 Å². The molecule has 19 heteroatoms. The summed E-state index contributed by atoms with van der Waals surface area (Å²) < 4.78 is 0. The van der Waals surface area contributed by atoms with E-state index in [2.05, 4.69) is 26.3 Å². The second-order valence-corrected chi connectivity index (χ2v) is 13.7. The third kappa shape index (κ3) is 10.7. The lowest BCUT2D eigenvalue weighted by atomic mass is 10.0. The lowest BCUT2D eigenvalue weighted by Crippen LogP contribution is -2.58. The fraction of sp³-hybridized carbons (Fsp3) is 0.543. The Morgan fingerprint density at radius 3 is 2.30 bits per heavy atom. The van der Waals surface area contributed by atoms with E-state index in [9.17, 15) is 38.7 Å². The number of carboxylic acid groups (broad SMARTS) is 1. The van der Waals surface area contributed by atoms with E-state index in [0.29, 0.717) is 25.7 Å². The number of H-pyrrole nitrogens is 1. The molecule has 3 heterocycles. The molecule has 0 aliphatic carbocycles. The van der Waals surface area contributed by atoms with Crippen molar-refractivity contribution in [1.82, 2.24) is 36.1 Å². The van der Waals surface area contributed by atoms with Crippen LogP contribution >= 0.6 is 0 Å². The van der Waals surface area contributed by atoms with Crippen LogP contribution in [-0.2, 0) is 40.0 Å². The van der Waals surface area contributed by atoms with Crippen molar-refractivity contribution < 1.29 is 38.7 Å². The van der Waals surface area contributed by atoms with Crippen LogP contribution in [-0.4, -0.2) is 123 Å². The largest absolute Gasteiger partial charge is 0.480 e. The Hall–Kier alpha value is -5.72. The number of hydrogen-bond acceptors (Lipinski definition) is 9. The highest BCUT2D eigenvalue weighted by atomic mass is 16.4. The molecule has 2 aromatic rings. The number of para-hydroxylation sites is 1. The number of aromatic amines is 1. The van der Waals surface area contributed by atoms with Gasteiger partial charge < -0.3 is 58.4 Å². The monoisotopic (exact) mass is 753 g/mol. The van der Waals surface area contributed by atoms with Gasteiger partial charge in [-0.1, -0.05) is 18.2 Å². The number of guanidine groups is 1. The molecule has 0 saturated carbocycles. The van der Waals surface area contributed by atoms with Crippen LogP contribution in [0.5, 0.6) is 0 Å². The molecule has 2 saturated heterocycles. The smallest absolute Gasteiger partial charge is 0.325 e. The molecule has 0 spiro atoms. The summed E-state index contributed by atoms with van der Waals surface area (Å²) in [6.07, 6.45) is 3.54. The molecule has 2 aliphatic heterocycles. The number of amides is 6. The Morgan fingerprint density at radius 2 is 1.61 bits per heavy atom. The standard InChI is InChI=1S/C35H51N11O8/c1-19(34(53)54)42-30(49)24(9-4-14-40-35(38)39)43-31(50)26-10-5-15-45(26)33(52)27-11-6-16-46(27)32(51)25(12-13-28(37)47)44-29(48)22(36)17-20-18-41-23-8-3-2-7-21(20)23/h2-3,7-8,18-19,22,24-27,41H,4-6,9-17,36H2,1H3,(H2,37,47)(H,42,49)(H,43,50)(H,44,48)(H,53,54)(H4,38,39,40)/t19-,22-,24-,25-,26-,27-/m0/s1. The van der Waals surface area contributed by atoms with Gasteiger partial charge in [0.1, 0.15) is 30.2 Å². The summed E-state index contributed by atoms with van der Waals surface area (Å²) in [6, 6.07) is 1.02. The minimum Gasteiger partial charge on any atom is -0.480 e.